The van der Waals surface area contributed by atoms with Crippen molar-refractivity contribution in [2.75, 3.05) is 0 Å². The summed E-state index contributed by atoms with van der Waals surface area (Å²) in [5.74, 6) is 1.67. The molecule has 0 aliphatic carbocycles. The lowest BCUT2D eigenvalue weighted by Crippen LogP contribution is -2.21. The van der Waals surface area contributed by atoms with Crippen molar-refractivity contribution >= 4 is 14.8 Å². The smallest absolute Gasteiger partial charge is 0.110 e. The fraction of sp³-hybridized carbons (Fsp3) is 0.710. The van der Waals surface area contributed by atoms with E-state index in [1.807, 2.05) is 18.6 Å². The number of aryl methyl sites for hydroxylation is 1. The summed E-state index contributed by atoms with van der Waals surface area (Å²) in [6.07, 6.45) is 26.0. The molecule has 0 saturated heterocycles. The molecule has 4 heteroatoms. The highest BCUT2D eigenvalue weighted by molar-refractivity contribution is 6.52. The molecule has 0 aromatic carbocycles. The van der Waals surface area contributed by atoms with Crippen molar-refractivity contribution in [3.8, 4) is 11.4 Å². The average molecular weight is 494 g/mol. The molecule has 0 spiro atoms. The molecule has 0 N–H and O–H groups in total. The molecule has 194 valence electrons. The number of hydrogen-bond donors (Lipinski definition) is 0. The van der Waals surface area contributed by atoms with Gasteiger partial charge < -0.3 is 0 Å². The number of rotatable bonds is 20. The Kier molecular flexibility index (Phi) is 15.8. The second kappa shape index (κ2) is 18.7. The Labute approximate surface area is 219 Å². The standard InChI is InChI=1S/C31H51N3Si/c1-5-7-9-10-15-19-28-20-21-29(33-22-28)30-23-32-24-31(34-30)35-25-27(4)18-14-11-13-17-26(3)16-12-8-6-2/h20-24,26-27H,5-19,25H2,1-4H3. The third kappa shape index (κ3) is 13.4. The lowest BCUT2D eigenvalue weighted by molar-refractivity contribution is 0.430. The quantitative estimate of drug-likeness (QED) is 0.137. The number of nitrogens with zero attached hydrogens (tertiary/aromatic N) is 3. The molecule has 2 radical (unpaired) electrons. The Morgan fingerprint density at radius 3 is 2.06 bits per heavy atom. The van der Waals surface area contributed by atoms with Crippen LogP contribution in [0.5, 0.6) is 0 Å². The number of hydrogen-bond acceptors (Lipinski definition) is 3. The van der Waals surface area contributed by atoms with Gasteiger partial charge in [0.25, 0.3) is 0 Å². The third-order valence-corrected chi connectivity index (χ3v) is 8.62. The highest BCUT2D eigenvalue weighted by atomic mass is 28.2. The zero-order chi connectivity index (χ0) is 25.1. The lowest BCUT2D eigenvalue weighted by atomic mass is 9.96. The van der Waals surface area contributed by atoms with Crippen LogP contribution in [-0.2, 0) is 6.42 Å². The van der Waals surface area contributed by atoms with Gasteiger partial charge in [-0.05, 0) is 36.3 Å². The highest BCUT2D eigenvalue weighted by Crippen LogP contribution is 2.19. The molecule has 2 rings (SSSR count). The fourth-order valence-corrected chi connectivity index (χ4v) is 5.79. The van der Waals surface area contributed by atoms with Gasteiger partial charge in [-0.2, -0.15) is 0 Å². The van der Waals surface area contributed by atoms with Crippen molar-refractivity contribution in [3.05, 3.63) is 36.3 Å². The summed E-state index contributed by atoms with van der Waals surface area (Å²) in [6.45, 7) is 9.40. The van der Waals surface area contributed by atoms with E-state index in [4.69, 9.17) is 9.97 Å². The molecule has 2 unspecified atom stereocenters. The normalized spacial score (nSPS) is 13.1. The van der Waals surface area contributed by atoms with Gasteiger partial charge in [0.2, 0.25) is 0 Å². The third-order valence-electron chi connectivity index (χ3n) is 7.12. The van der Waals surface area contributed by atoms with E-state index in [1.54, 1.807) is 0 Å². The topological polar surface area (TPSA) is 38.7 Å². The lowest BCUT2D eigenvalue weighted by Gasteiger charge is -2.12. The van der Waals surface area contributed by atoms with Crippen LogP contribution < -0.4 is 5.32 Å². The zero-order valence-electron chi connectivity index (χ0n) is 23.2. The van der Waals surface area contributed by atoms with Gasteiger partial charge in [0.05, 0.1) is 11.9 Å². The molecule has 0 amide bonds. The van der Waals surface area contributed by atoms with Crippen LogP contribution in [0.3, 0.4) is 0 Å². The molecule has 2 heterocycles. The molecule has 0 saturated carbocycles. The SMILES string of the molecule is CCCCCCCc1ccc(-c2cncc([Si]CC(C)CCCCCC(C)CCCCC)n2)nc1. The summed E-state index contributed by atoms with van der Waals surface area (Å²) in [5.41, 5.74) is 3.18. The number of unbranched alkanes of at least 4 members (excludes halogenated alkanes) is 8. The van der Waals surface area contributed by atoms with Gasteiger partial charge >= 0.3 is 0 Å². The Morgan fingerprint density at radius 2 is 1.34 bits per heavy atom. The van der Waals surface area contributed by atoms with Gasteiger partial charge in [0.1, 0.15) is 15.2 Å². The Morgan fingerprint density at radius 1 is 0.686 bits per heavy atom. The molecule has 2 atom stereocenters. The Balaban J connectivity index is 1.66. The minimum absolute atomic E-state index is 0.730. The van der Waals surface area contributed by atoms with E-state index >= 15 is 0 Å². The molecule has 0 bridgehead atoms. The van der Waals surface area contributed by atoms with E-state index in [-0.39, 0.29) is 0 Å². The second-order valence-corrected chi connectivity index (χ2v) is 12.0. The van der Waals surface area contributed by atoms with Crippen LogP contribution in [0.25, 0.3) is 11.4 Å². The first-order chi connectivity index (χ1) is 17.1. The average Bonchev–Trinajstić information content (AvgIpc) is 2.88. The maximum atomic E-state index is 4.89. The minimum atomic E-state index is 0.730. The van der Waals surface area contributed by atoms with Crippen molar-refractivity contribution in [1.29, 1.82) is 0 Å². The fourth-order valence-electron chi connectivity index (χ4n) is 4.66. The summed E-state index contributed by atoms with van der Waals surface area (Å²) >= 11 is 0. The largest absolute Gasteiger partial charge is 0.261 e. The van der Waals surface area contributed by atoms with Crippen molar-refractivity contribution in [1.82, 2.24) is 15.0 Å². The van der Waals surface area contributed by atoms with Gasteiger partial charge in [-0.25, -0.2) is 0 Å². The van der Waals surface area contributed by atoms with Gasteiger partial charge in [-0.3, -0.25) is 15.0 Å². The van der Waals surface area contributed by atoms with Gasteiger partial charge in [0, 0.05) is 17.7 Å². The van der Waals surface area contributed by atoms with Crippen LogP contribution in [0.1, 0.15) is 123 Å². The number of aromatic nitrogens is 3. The number of pyridine rings is 1. The van der Waals surface area contributed by atoms with Gasteiger partial charge in [-0.1, -0.05) is 123 Å². The molecular formula is C31H51N3Si. The second-order valence-electron chi connectivity index (χ2n) is 10.7. The molecule has 35 heavy (non-hydrogen) atoms. The molecule has 3 nitrogen and oxygen atoms in total. The van der Waals surface area contributed by atoms with E-state index in [0.29, 0.717) is 0 Å². The van der Waals surface area contributed by atoms with Crippen molar-refractivity contribution in [2.24, 2.45) is 11.8 Å². The Bertz CT molecular complexity index is 777. The predicted octanol–water partition coefficient (Wildman–Crippen LogP) is 8.60. The van der Waals surface area contributed by atoms with Crippen molar-refractivity contribution in [3.63, 3.8) is 0 Å². The van der Waals surface area contributed by atoms with E-state index in [2.05, 4.69) is 44.8 Å². The summed E-state index contributed by atoms with van der Waals surface area (Å²) in [5, 5.41) is 1.12. The first-order valence-electron chi connectivity index (χ1n) is 14.6. The van der Waals surface area contributed by atoms with Gasteiger partial charge in [0.15, 0.2) is 0 Å². The van der Waals surface area contributed by atoms with Crippen LogP contribution in [0.4, 0.5) is 0 Å². The van der Waals surface area contributed by atoms with E-state index in [9.17, 15) is 0 Å². The summed E-state index contributed by atoms with van der Waals surface area (Å²) < 4.78 is 0. The molecule has 0 aliphatic heterocycles. The van der Waals surface area contributed by atoms with E-state index in [0.717, 1.165) is 44.5 Å². The Hall–Kier alpha value is -1.55. The molecule has 2 aromatic heterocycles. The molecule has 0 aliphatic rings. The molecule has 0 fully saturated rings. The van der Waals surface area contributed by atoms with E-state index < -0.39 is 0 Å². The maximum Gasteiger partial charge on any atom is 0.110 e. The first-order valence-corrected chi connectivity index (χ1v) is 15.8. The van der Waals surface area contributed by atoms with Crippen LogP contribution in [0, 0.1) is 11.8 Å². The van der Waals surface area contributed by atoms with E-state index in [1.165, 1.54) is 101 Å². The monoisotopic (exact) mass is 493 g/mol. The van der Waals surface area contributed by atoms with Gasteiger partial charge in [-0.15, -0.1) is 0 Å². The molecule has 2 aromatic rings. The zero-order valence-corrected chi connectivity index (χ0v) is 24.2. The summed E-state index contributed by atoms with van der Waals surface area (Å²) in [4.78, 5) is 14.1. The maximum absolute atomic E-state index is 4.89. The minimum Gasteiger partial charge on any atom is -0.261 e. The summed E-state index contributed by atoms with van der Waals surface area (Å²) in [7, 11) is 0.730. The highest BCUT2D eigenvalue weighted by Gasteiger charge is 2.09. The van der Waals surface area contributed by atoms with Crippen LogP contribution >= 0.6 is 0 Å². The predicted molar refractivity (Wildman–Crippen MR) is 153 cm³/mol. The van der Waals surface area contributed by atoms with Crippen molar-refractivity contribution < 1.29 is 0 Å². The van der Waals surface area contributed by atoms with Crippen molar-refractivity contribution in [2.45, 2.75) is 130 Å². The summed E-state index contributed by atoms with van der Waals surface area (Å²) in [6, 6.07) is 5.55. The van der Waals surface area contributed by atoms with Crippen LogP contribution in [-0.4, -0.2) is 24.5 Å². The van der Waals surface area contributed by atoms with Crippen LogP contribution in [0.15, 0.2) is 30.7 Å². The molecular weight excluding hydrogens is 442 g/mol. The first kappa shape index (κ1) is 29.7. The van der Waals surface area contributed by atoms with Crippen LogP contribution in [0.2, 0.25) is 6.04 Å².